The molecule has 0 aliphatic carbocycles. The summed E-state index contributed by atoms with van der Waals surface area (Å²) in [5.74, 6) is 1.01. The van der Waals surface area contributed by atoms with Crippen molar-refractivity contribution in [2.24, 2.45) is 5.73 Å². The van der Waals surface area contributed by atoms with E-state index in [4.69, 9.17) is 5.73 Å². The van der Waals surface area contributed by atoms with Crippen molar-refractivity contribution in [3.63, 3.8) is 0 Å². The first-order chi connectivity index (χ1) is 9.20. The molecule has 3 rings (SSSR count). The zero-order valence-corrected chi connectivity index (χ0v) is 11.9. The number of hydrogen-bond donors (Lipinski definition) is 1. The lowest BCUT2D eigenvalue weighted by atomic mass is 10.1. The van der Waals surface area contributed by atoms with Crippen molar-refractivity contribution < 1.29 is 0 Å². The van der Waals surface area contributed by atoms with Gasteiger partial charge in [-0.1, -0.05) is 0 Å². The minimum Gasteiger partial charge on any atom is -0.352 e. The van der Waals surface area contributed by atoms with Gasteiger partial charge < -0.3 is 10.6 Å². The Labute approximate surface area is 114 Å². The Morgan fingerprint density at radius 2 is 2.05 bits per heavy atom. The summed E-state index contributed by atoms with van der Waals surface area (Å²) in [7, 11) is 0. The molecule has 1 unspecified atom stereocenters. The summed E-state index contributed by atoms with van der Waals surface area (Å²) in [4.78, 5) is 4.99. The molecule has 1 aromatic heterocycles. The Balaban J connectivity index is 1.88. The SMILES string of the molecule is Cc1nnc(N2CCN3CCCC3C2)c(CN)c1C. The van der Waals surface area contributed by atoms with E-state index in [0.29, 0.717) is 12.6 Å². The quantitative estimate of drug-likeness (QED) is 0.855. The van der Waals surface area contributed by atoms with Crippen LogP contribution in [-0.2, 0) is 6.54 Å². The average Bonchev–Trinajstić information content (AvgIpc) is 2.89. The first-order valence-corrected chi connectivity index (χ1v) is 7.22. The van der Waals surface area contributed by atoms with E-state index in [1.807, 2.05) is 6.92 Å². The van der Waals surface area contributed by atoms with Crippen LogP contribution in [-0.4, -0.2) is 47.3 Å². The molecule has 2 aliphatic heterocycles. The standard InChI is InChI=1S/C14H23N5/c1-10-11(2)16-17-14(13(10)8-15)19-7-6-18-5-3-4-12(18)9-19/h12H,3-9,15H2,1-2H3. The van der Waals surface area contributed by atoms with Crippen LogP contribution in [0.4, 0.5) is 5.82 Å². The number of anilines is 1. The molecule has 0 radical (unpaired) electrons. The van der Waals surface area contributed by atoms with Gasteiger partial charge in [-0.25, -0.2) is 0 Å². The van der Waals surface area contributed by atoms with E-state index in [1.54, 1.807) is 0 Å². The molecule has 0 bridgehead atoms. The zero-order chi connectivity index (χ0) is 13.4. The first kappa shape index (κ1) is 12.8. The minimum atomic E-state index is 0.544. The van der Waals surface area contributed by atoms with E-state index in [-0.39, 0.29) is 0 Å². The highest BCUT2D eigenvalue weighted by molar-refractivity contribution is 5.51. The van der Waals surface area contributed by atoms with Gasteiger partial charge in [0.05, 0.1) is 5.69 Å². The van der Waals surface area contributed by atoms with Crippen molar-refractivity contribution in [2.45, 2.75) is 39.3 Å². The number of nitrogens with two attached hydrogens (primary N) is 1. The third-order valence-electron chi connectivity index (χ3n) is 4.65. The number of piperazine rings is 1. The number of nitrogens with zero attached hydrogens (tertiary/aromatic N) is 4. The lowest BCUT2D eigenvalue weighted by Crippen LogP contribution is -2.50. The van der Waals surface area contributed by atoms with Gasteiger partial charge in [0.2, 0.25) is 0 Å². The molecule has 0 amide bonds. The highest BCUT2D eigenvalue weighted by atomic mass is 15.3. The molecule has 3 heterocycles. The molecule has 2 saturated heterocycles. The maximum absolute atomic E-state index is 5.93. The molecule has 0 spiro atoms. The monoisotopic (exact) mass is 261 g/mol. The van der Waals surface area contributed by atoms with Gasteiger partial charge in [-0.15, -0.1) is 5.10 Å². The van der Waals surface area contributed by atoms with Crippen molar-refractivity contribution >= 4 is 5.82 Å². The van der Waals surface area contributed by atoms with Crippen LogP contribution >= 0.6 is 0 Å². The van der Waals surface area contributed by atoms with Crippen molar-refractivity contribution in [3.8, 4) is 0 Å². The fourth-order valence-electron chi connectivity index (χ4n) is 3.33. The van der Waals surface area contributed by atoms with Gasteiger partial charge in [0.25, 0.3) is 0 Å². The zero-order valence-electron chi connectivity index (χ0n) is 11.9. The van der Waals surface area contributed by atoms with Crippen LogP contribution in [0.5, 0.6) is 0 Å². The highest BCUT2D eigenvalue weighted by Crippen LogP contribution is 2.27. The number of aromatic nitrogens is 2. The maximum Gasteiger partial charge on any atom is 0.156 e. The minimum absolute atomic E-state index is 0.544. The summed E-state index contributed by atoms with van der Waals surface area (Å²) < 4.78 is 0. The molecule has 5 heteroatoms. The molecular weight excluding hydrogens is 238 g/mol. The van der Waals surface area contributed by atoms with Gasteiger partial charge in [-0.05, 0) is 38.8 Å². The molecule has 104 valence electrons. The molecule has 2 aliphatic rings. The summed E-state index contributed by atoms with van der Waals surface area (Å²) in [5, 5.41) is 8.71. The van der Waals surface area contributed by atoms with Crippen molar-refractivity contribution in [1.82, 2.24) is 15.1 Å². The third kappa shape index (κ3) is 2.21. The van der Waals surface area contributed by atoms with E-state index >= 15 is 0 Å². The molecule has 19 heavy (non-hydrogen) atoms. The van der Waals surface area contributed by atoms with E-state index in [1.165, 1.54) is 30.5 Å². The van der Waals surface area contributed by atoms with Crippen LogP contribution in [0.2, 0.25) is 0 Å². The van der Waals surface area contributed by atoms with Crippen LogP contribution in [0, 0.1) is 13.8 Å². The predicted molar refractivity (Wildman–Crippen MR) is 76.2 cm³/mol. The predicted octanol–water partition coefficient (Wildman–Crippen LogP) is 0.837. The normalized spacial score (nSPS) is 23.7. The van der Waals surface area contributed by atoms with E-state index in [9.17, 15) is 0 Å². The molecule has 1 atom stereocenters. The lowest BCUT2D eigenvalue weighted by Gasteiger charge is -2.38. The second-order valence-electron chi connectivity index (χ2n) is 5.69. The summed E-state index contributed by atoms with van der Waals surface area (Å²) in [5.41, 5.74) is 9.28. The molecule has 0 saturated carbocycles. The smallest absolute Gasteiger partial charge is 0.156 e. The topological polar surface area (TPSA) is 58.3 Å². The van der Waals surface area contributed by atoms with Gasteiger partial charge in [0.1, 0.15) is 0 Å². The van der Waals surface area contributed by atoms with Crippen LogP contribution in [0.1, 0.15) is 29.7 Å². The summed E-state index contributed by atoms with van der Waals surface area (Å²) in [6.07, 6.45) is 2.65. The Hall–Kier alpha value is -1.20. The van der Waals surface area contributed by atoms with Crippen molar-refractivity contribution in [1.29, 1.82) is 0 Å². The first-order valence-electron chi connectivity index (χ1n) is 7.22. The average molecular weight is 261 g/mol. The van der Waals surface area contributed by atoms with E-state index < -0.39 is 0 Å². The molecule has 0 aromatic carbocycles. The van der Waals surface area contributed by atoms with Gasteiger partial charge in [-0.2, -0.15) is 5.10 Å². The summed E-state index contributed by atoms with van der Waals surface area (Å²) in [6, 6.07) is 0.697. The fourth-order valence-corrected chi connectivity index (χ4v) is 3.33. The number of rotatable bonds is 2. The summed E-state index contributed by atoms with van der Waals surface area (Å²) >= 11 is 0. The number of fused-ring (bicyclic) bond motifs is 1. The Morgan fingerprint density at radius 3 is 2.84 bits per heavy atom. The molecule has 1 aromatic rings. The Morgan fingerprint density at radius 1 is 1.21 bits per heavy atom. The third-order valence-corrected chi connectivity index (χ3v) is 4.65. The van der Waals surface area contributed by atoms with Crippen LogP contribution in [0.3, 0.4) is 0 Å². The second-order valence-corrected chi connectivity index (χ2v) is 5.69. The number of aryl methyl sites for hydroxylation is 1. The summed E-state index contributed by atoms with van der Waals surface area (Å²) in [6.45, 7) is 9.17. The molecule has 2 N–H and O–H groups in total. The molecule has 2 fully saturated rings. The maximum atomic E-state index is 5.93. The van der Waals surface area contributed by atoms with Crippen LogP contribution in [0.15, 0.2) is 0 Å². The van der Waals surface area contributed by atoms with Crippen molar-refractivity contribution in [3.05, 3.63) is 16.8 Å². The molecule has 5 nitrogen and oxygen atoms in total. The van der Waals surface area contributed by atoms with Crippen LogP contribution < -0.4 is 10.6 Å². The van der Waals surface area contributed by atoms with Crippen molar-refractivity contribution in [2.75, 3.05) is 31.1 Å². The second kappa shape index (κ2) is 5.06. The Bertz CT molecular complexity index is 473. The van der Waals surface area contributed by atoms with Crippen LogP contribution in [0.25, 0.3) is 0 Å². The number of hydrogen-bond acceptors (Lipinski definition) is 5. The highest BCUT2D eigenvalue weighted by Gasteiger charge is 2.32. The fraction of sp³-hybridized carbons (Fsp3) is 0.714. The van der Waals surface area contributed by atoms with E-state index in [0.717, 1.165) is 31.1 Å². The largest absolute Gasteiger partial charge is 0.352 e. The molecular formula is C14H23N5. The van der Waals surface area contributed by atoms with E-state index in [2.05, 4.69) is 26.9 Å². The lowest BCUT2D eigenvalue weighted by molar-refractivity contribution is 0.230. The Kier molecular flexibility index (Phi) is 3.41. The van der Waals surface area contributed by atoms with Gasteiger partial charge in [-0.3, -0.25) is 4.90 Å². The van der Waals surface area contributed by atoms with Gasteiger partial charge in [0.15, 0.2) is 5.82 Å². The van der Waals surface area contributed by atoms with Gasteiger partial charge in [0, 0.05) is 37.8 Å². The van der Waals surface area contributed by atoms with Gasteiger partial charge >= 0.3 is 0 Å².